The fraction of sp³-hybridized carbons (Fsp3) is 0.455. The highest BCUT2D eigenvalue weighted by Crippen LogP contribution is 2.18. The van der Waals surface area contributed by atoms with Crippen molar-refractivity contribution in [2.75, 3.05) is 0 Å². The van der Waals surface area contributed by atoms with Crippen LogP contribution in [0.5, 0.6) is 0 Å². The summed E-state index contributed by atoms with van der Waals surface area (Å²) in [5, 5.41) is 5.97. The lowest BCUT2D eigenvalue weighted by Crippen LogP contribution is -2.17. The zero-order chi connectivity index (χ0) is 11.5. The molecule has 0 bridgehead atoms. The second-order valence-electron chi connectivity index (χ2n) is 4.07. The van der Waals surface area contributed by atoms with Crippen LogP contribution in [0.15, 0.2) is 22.0 Å². The molecule has 0 unspecified atom stereocenters. The van der Waals surface area contributed by atoms with Gasteiger partial charge in [-0.3, -0.25) is 0 Å². The molecule has 2 rings (SSSR count). The molecule has 2 aromatic heterocycles. The van der Waals surface area contributed by atoms with Crippen LogP contribution in [-0.2, 0) is 6.42 Å². The predicted molar refractivity (Wildman–Crippen MR) is 63.2 cm³/mol. The van der Waals surface area contributed by atoms with Crippen LogP contribution in [0.3, 0.4) is 0 Å². The molecule has 0 aromatic carbocycles. The topological polar surface area (TPSA) is 64.9 Å². The summed E-state index contributed by atoms with van der Waals surface area (Å²) in [6.45, 7) is 4.07. The van der Waals surface area contributed by atoms with Crippen molar-refractivity contribution in [1.82, 2.24) is 10.1 Å². The number of rotatable bonds is 4. The van der Waals surface area contributed by atoms with Gasteiger partial charge in [-0.1, -0.05) is 25.1 Å². The standard InChI is InChI=1S/C11H15N3OS/c1-7(2)10(12)11-13-9(14-15-11)6-8-4-3-5-16-8/h3-5,7,10H,6,12H2,1-2H3/t10-/m0/s1. The number of hydrogen-bond acceptors (Lipinski definition) is 5. The van der Waals surface area contributed by atoms with E-state index < -0.39 is 0 Å². The number of thiophene rings is 1. The zero-order valence-corrected chi connectivity index (χ0v) is 10.2. The van der Waals surface area contributed by atoms with Gasteiger partial charge in [0.25, 0.3) is 0 Å². The molecule has 4 nitrogen and oxygen atoms in total. The fourth-order valence-electron chi connectivity index (χ4n) is 1.33. The van der Waals surface area contributed by atoms with E-state index in [1.807, 2.05) is 25.3 Å². The molecule has 86 valence electrons. The smallest absolute Gasteiger partial charge is 0.243 e. The Hall–Kier alpha value is -1.20. The highest BCUT2D eigenvalue weighted by Gasteiger charge is 2.18. The van der Waals surface area contributed by atoms with Crippen molar-refractivity contribution in [3.63, 3.8) is 0 Å². The van der Waals surface area contributed by atoms with Gasteiger partial charge in [0.05, 0.1) is 6.04 Å². The third kappa shape index (κ3) is 2.48. The van der Waals surface area contributed by atoms with Crippen molar-refractivity contribution in [1.29, 1.82) is 0 Å². The van der Waals surface area contributed by atoms with E-state index in [9.17, 15) is 0 Å². The third-order valence-electron chi connectivity index (χ3n) is 2.40. The summed E-state index contributed by atoms with van der Waals surface area (Å²) < 4.78 is 5.16. The number of nitrogens with zero attached hydrogens (tertiary/aromatic N) is 2. The van der Waals surface area contributed by atoms with E-state index in [1.165, 1.54) is 4.88 Å². The molecule has 2 aromatic rings. The Labute approximate surface area is 98.5 Å². The molecule has 0 radical (unpaired) electrons. The van der Waals surface area contributed by atoms with Crippen LogP contribution in [0.1, 0.15) is 36.5 Å². The molecule has 0 aliphatic rings. The lowest BCUT2D eigenvalue weighted by atomic mass is 10.1. The second kappa shape index (κ2) is 4.76. The summed E-state index contributed by atoms with van der Waals surface area (Å²) in [6.07, 6.45) is 0.714. The highest BCUT2D eigenvalue weighted by atomic mass is 32.1. The first-order valence-electron chi connectivity index (χ1n) is 5.27. The quantitative estimate of drug-likeness (QED) is 0.886. The largest absolute Gasteiger partial charge is 0.338 e. The lowest BCUT2D eigenvalue weighted by molar-refractivity contribution is 0.322. The maximum Gasteiger partial charge on any atom is 0.243 e. The minimum Gasteiger partial charge on any atom is -0.338 e. The average molecular weight is 237 g/mol. The molecule has 0 saturated carbocycles. The van der Waals surface area contributed by atoms with Gasteiger partial charge in [0.15, 0.2) is 5.82 Å². The van der Waals surface area contributed by atoms with Crippen molar-refractivity contribution in [2.24, 2.45) is 11.7 Å². The average Bonchev–Trinajstić information content (AvgIpc) is 2.88. The van der Waals surface area contributed by atoms with Gasteiger partial charge in [0, 0.05) is 11.3 Å². The van der Waals surface area contributed by atoms with E-state index in [1.54, 1.807) is 11.3 Å². The second-order valence-corrected chi connectivity index (χ2v) is 5.11. The van der Waals surface area contributed by atoms with Gasteiger partial charge in [0.2, 0.25) is 5.89 Å². The normalized spacial score (nSPS) is 13.2. The highest BCUT2D eigenvalue weighted by molar-refractivity contribution is 7.09. The van der Waals surface area contributed by atoms with Crippen LogP contribution in [0.25, 0.3) is 0 Å². The monoisotopic (exact) mass is 237 g/mol. The molecule has 0 amide bonds. The summed E-state index contributed by atoms with van der Waals surface area (Å²) in [5.74, 6) is 1.53. The predicted octanol–water partition coefficient (Wildman–Crippen LogP) is 2.38. The Morgan fingerprint density at radius 3 is 2.94 bits per heavy atom. The number of hydrogen-bond donors (Lipinski definition) is 1. The number of nitrogens with two attached hydrogens (primary N) is 1. The molecule has 1 atom stereocenters. The van der Waals surface area contributed by atoms with Gasteiger partial charge in [-0.15, -0.1) is 11.3 Å². The van der Waals surface area contributed by atoms with E-state index in [0.29, 0.717) is 24.1 Å². The Morgan fingerprint density at radius 2 is 2.31 bits per heavy atom. The summed E-state index contributed by atoms with van der Waals surface area (Å²) >= 11 is 1.69. The molecular weight excluding hydrogens is 222 g/mol. The van der Waals surface area contributed by atoms with Crippen molar-refractivity contribution in [3.8, 4) is 0 Å². The maximum absolute atomic E-state index is 5.93. The minimum absolute atomic E-state index is 0.176. The van der Waals surface area contributed by atoms with E-state index >= 15 is 0 Å². The Kier molecular flexibility index (Phi) is 3.36. The molecule has 0 aliphatic heterocycles. The first-order valence-corrected chi connectivity index (χ1v) is 6.15. The number of aromatic nitrogens is 2. The SMILES string of the molecule is CC(C)[C@H](N)c1nc(Cc2cccs2)no1. The summed E-state index contributed by atoms with van der Waals surface area (Å²) in [7, 11) is 0. The van der Waals surface area contributed by atoms with E-state index in [2.05, 4.69) is 16.2 Å². The van der Waals surface area contributed by atoms with Gasteiger partial charge in [0.1, 0.15) is 0 Å². The van der Waals surface area contributed by atoms with Crippen molar-refractivity contribution in [2.45, 2.75) is 26.3 Å². The summed E-state index contributed by atoms with van der Waals surface area (Å²) in [5.41, 5.74) is 5.93. The lowest BCUT2D eigenvalue weighted by Gasteiger charge is -2.09. The van der Waals surface area contributed by atoms with Gasteiger partial charge in [-0.05, 0) is 17.4 Å². The van der Waals surface area contributed by atoms with E-state index in [4.69, 9.17) is 10.3 Å². The molecule has 0 saturated heterocycles. The van der Waals surface area contributed by atoms with Crippen molar-refractivity contribution < 1.29 is 4.52 Å². The molecule has 0 fully saturated rings. The first kappa shape index (κ1) is 11.3. The van der Waals surface area contributed by atoms with Crippen LogP contribution < -0.4 is 5.73 Å². The third-order valence-corrected chi connectivity index (χ3v) is 3.28. The fourth-order valence-corrected chi connectivity index (χ4v) is 2.03. The molecule has 0 spiro atoms. The summed E-state index contributed by atoms with van der Waals surface area (Å²) in [4.78, 5) is 5.54. The van der Waals surface area contributed by atoms with Gasteiger partial charge >= 0.3 is 0 Å². The summed E-state index contributed by atoms with van der Waals surface area (Å²) in [6, 6.07) is 3.90. The van der Waals surface area contributed by atoms with Crippen LogP contribution in [0.2, 0.25) is 0 Å². The zero-order valence-electron chi connectivity index (χ0n) is 9.38. The molecule has 0 aliphatic carbocycles. The van der Waals surface area contributed by atoms with E-state index in [-0.39, 0.29) is 6.04 Å². The molecule has 2 N–H and O–H groups in total. The van der Waals surface area contributed by atoms with Crippen molar-refractivity contribution in [3.05, 3.63) is 34.1 Å². The Bertz CT molecular complexity index is 436. The van der Waals surface area contributed by atoms with E-state index in [0.717, 1.165) is 0 Å². The molecule has 2 heterocycles. The van der Waals surface area contributed by atoms with Gasteiger partial charge < -0.3 is 10.3 Å². The van der Waals surface area contributed by atoms with Crippen LogP contribution in [0, 0.1) is 5.92 Å². The van der Waals surface area contributed by atoms with Crippen LogP contribution in [-0.4, -0.2) is 10.1 Å². The molecule has 5 heteroatoms. The maximum atomic E-state index is 5.93. The molecule has 16 heavy (non-hydrogen) atoms. The van der Waals surface area contributed by atoms with Crippen LogP contribution >= 0.6 is 11.3 Å². The Morgan fingerprint density at radius 1 is 1.50 bits per heavy atom. The van der Waals surface area contributed by atoms with Gasteiger partial charge in [-0.25, -0.2) is 0 Å². The minimum atomic E-state index is -0.176. The Balaban J connectivity index is 2.08. The van der Waals surface area contributed by atoms with Crippen molar-refractivity contribution >= 4 is 11.3 Å². The van der Waals surface area contributed by atoms with Gasteiger partial charge in [-0.2, -0.15) is 4.98 Å². The van der Waals surface area contributed by atoms with Crippen LogP contribution in [0.4, 0.5) is 0 Å². The first-order chi connectivity index (χ1) is 7.66. The molecular formula is C11H15N3OS.